The monoisotopic (exact) mass is 348 g/mol. The van der Waals surface area contributed by atoms with E-state index in [0.717, 1.165) is 12.0 Å². The van der Waals surface area contributed by atoms with Gasteiger partial charge in [0.05, 0.1) is 17.7 Å². The number of carbonyl (C=O) groups excluding carboxylic acids is 1. The molecule has 1 N–H and O–H groups in total. The number of carbonyl (C=O) groups is 1. The minimum absolute atomic E-state index is 0.00416. The van der Waals surface area contributed by atoms with E-state index in [4.69, 9.17) is 4.42 Å². The van der Waals surface area contributed by atoms with E-state index in [0.29, 0.717) is 30.0 Å². The van der Waals surface area contributed by atoms with Gasteiger partial charge in [-0.15, -0.1) is 0 Å². The first-order valence-corrected chi connectivity index (χ1v) is 9.36. The molecule has 0 aliphatic carbocycles. The number of aryl methyl sites for hydroxylation is 1. The van der Waals surface area contributed by atoms with Gasteiger partial charge >= 0.3 is 0 Å². The Morgan fingerprint density at radius 2 is 2.17 bits per heavy atom. The van der Waals surface area contributed by atoms with Gasteiger partial charge in [0.25, 0.3) is 0 Å². The molecule has 0 spiro atoms. The van der Waals surface area contributed by atoms with E-state index in [1.165, 1.54) is 6.26 Å². The molecule has 0 radical (unpaired) electrons. The van der Waals surface area contributed by atoms with E-state index in [9.17, 15) is 13.2 Å². The second-order valence-corrected chi connectivity index (χ2v) is 7.53. The first kappa shape index (κ1) is 16.7. The zero-order valence-corrected chi connectivity index (χ0v) is 14.5. The summed E-state index contributed by atoms with van der Waals surface area (Å²) in [5.74, 6) is 0.546. The molecular formula is C17H20N2O4S. The van der Waals surface area contributed by atoms with Crippen molar-refractivity contribution in [1.82, 2.24) is 4.72 Å². The average Bonchev–Trinajstić information content (AvgIpc) is 3.20. The van der Waals surface area contributed by atoms with Crippen molar-refractivity contribution in [3.8, 4) is 0 Å². The van der Waals surface area contributed by atoms with Gasteiger partial charge in [0, 0.05) is 18.7 Å². The smallest absolute Gasteiger partial charge is 0.241 e. The largest absolute Gasteiger partial charge is 0.468 e. The van der Waals surface area contributed by atoms with E-state index in [2.05, 4.69) is 4.72 Å². The molecule has 1 aromatic carbocycles. The number of nitrogens with zero attached hydrogens (tertiary/aromatic N) is 1. The number of fused-ring (bicyclic) bond motifs is 1. The molecule has 7 heteroatoms. The van der Waals surface area contributed by atoms with Gasteiger partial charge in [-0.3, -0.25) is 4.79 Å². The summed E-state index contributed by atoms with van der Waals surface area (Å²) in [5, 5.41) is 0. The quantitative estimate of drug-likeness (QED) is 0.899. The van der Waals surface area contributed by atoms with Gasteiger partial charge in [0.15, 0.2) is 0 Å². The number of anilines is 1. The van der Waals surface area contributed by atoms with Gasteiger partial charge in [0.2, 0.25) is 15.9 Å². The van der Waals surface area contributed by atoms with Crippen molar-refractivity contribution in [3.63, 3.8) is 0 Å². The summed E-state index contributed by atoms with van der Waals surface area (Å²) in [6.07, 6.45) is 2.65. The lowest BCUT2D eigenvalue weighted by Crippen LogP contribution is -2.28. The summed E-state index contributed by atoms with van der Waals surface area (Å²) in [6, 6.07) is 6.88. The number of amides is 1. The van der Waals surface area contributed by atoms with Crippen molar-refractivity contribution in [2.75, 3.05) is 11.4 Å². The van der Waals surface area contributed by atoms with Crippen molar-refractivity contribution >= 4 is 21.6 Å². The molecule has 0 saturated heterocycles. The zero-order chi connectivity index (χ0) is 17.3. The molecule has 0 unspecified atom stereocenters. The Morgan fingerprint density at radius 1 is 1.38 bits per heavy atom. The Bertz CT molecular complexity index is 857. The van der Waals surface area contributed by atoms with Crippen molar-refractivity contribution < 1.29 is 17.6 Å². The zero-order valence-electron chi connectivity index (χ0n) is 13.7. The third-order valence-electron chi connectivity index (χ3n) is 4.18. The van der Waals surface area contributed by atoms with Crippen LogP contribution in [-0.2, 0) is 27.8 Å². The molecule has 1 aliphatic heterocycles. The number of benzene rings is 1. The summed E-state index contributed by atoms with van der Waals surface area (Å²) >= 11 is 0. The molecule has 0 fully saturated rings. The lowest BCUT2D eigenvalue weighted by Gasteiger charge is -2.18. The molecule has 1 aromatic heterocycles. The number of sulfonamides is 1. The van der Waals surface area contributed by atoms with Crippen LogP contribution in [0.15, 0.2) is 39.8 Å². The fourth-order valence-electron chi connectivity index (χ4n) is 2.94. The summed E-state index contributed by atoms with van der Waals surface area (Å²) in [4.78, 5) is 13.9. The molecule has 24 heavy (non-hydrogen) atoms. The number of hydrogen-bond acceptors (Lipinski definition) is 4. The van der Waals surface area contributed by atoms with E-state index in [1.807, 2.05) is 6.07 Å². The predicted molar refractivity (Wildman–Crippen MR) is 90.3 cm³/mol. The van der Waals surface area contributed by atoms with Gasteiger partial charge in [-0.05, 0) is 42.7 Å². The summed E-state index contributed by atoms with van der Waals surface area (Å²) in [5.41, 5.74) is 2.39. The highest BCUT2D eigenvalue weighted by molar-refractivity contribution is 7.89. The van der Waals surface area contributed by atoms with Gasteiger partial charge in [0.1, 0.15) is 5.76 Å². The summed E-state index contributed by atoms with van der Waals surface area (Å²) in [6.45, 7) is 4.26. The summed E-state index contributed by atoms with van der Waals surface area (Å²) < 4.78 is 33.0. The van der Waals surface area contributed by atoms with Crippen LogP contribution in [0.3, 0.4) is 0 Å². The van der Waals surface area contributed by atoms with Gasteiger partial charge in [-0.1, -0.05) is 13.0 Å². The molecule has 1 amide bonds. The Hall–Kier alpha value is -2.12. The lowest BCUT2D eigenvalue weighted by atomic mass is 10.1. The van der Waals surface area contributed by atoms with Crippen molar-refractivity contribution in [2.45, 2.75) is 38.1 Å². The number of nitrogens with one attached hydrogen (secondary N) is 1. The minimum Gasteiger partial charge on any atom is -0.468 e. The molecule has 0 saturated carbocycles. The molecule has 3 rings (SSSR count). The lowest BCUT2D eigenvalue weighted by molar-refractivity contribution is -0.118. The maximum atomic E-state index is 12.6. The molecule has 0 atom stereocenters. The maximum Gasteiger partial charge on any atom is 0.241 e. The molecule has 6 nitrogen and oxygen atoms in total. The highest BCUT2D eigenvalue weighted by Gasteiger charge is 2.27. The number of rotatable bonds is 5. The highest BCUT2D eigenvalue weighted by atomic mass is 32.2. The Labute approximate surface area is 141 Å². The molecule has 1 aliphatic rings. The van der Waals surface area contributed by atoms with Gasteiger partial charge in [-0.25, -0.2) is 13.1 Å². The Balaban J connectivity index is 1.92. The third kappa shape index (κ3) is 3.09. The van der Waals surface area contributed by atoms with Crippen LogP contribution in [0.1, 0.15) is 30.2 Å². The number of hydrogen-bond donors (Lipinski definition) is 1. The van der Waals surface area contributed by atoms with Crippen molar-refractivity contribution in [2.24, 2.45) is 0 Å². The molecular weight excluding hydrogens is 328 g/mol. The molecule has 0 bridgehead atoms. The van der Waals surface area contributed by atoms with Crippen molar-refractivity contribution in [3.05, 3.63) is 47.4 Å². The average molecular weight is 348 g/mol. The van der Waals surface area contributed by atoms with Crippen LogP contribution in [-0.4, -0.2) is 20.9 Å². The number of furan rings is 1. The fraction of sp³-hybridized carbons (Fsp3) is 0.353. The highest BCUT2D eigenvalue weighted by Crippen LogP contribution is 2.33. The minimum atomic E-state index is -3.69. The third-order valence-corrected chi connectivity index (χ3v) is 5.72. The van der Waals surface area contributed by atoms with Crippen LogP contribution in [0.2, 0.25) is 0 Å². The molecule has 128 valence electrons. The second kappa shape index (κ2) is 6.41. The van der Waals surface area contributed by atoms with Crippen LogP contribution in [0.4, 0.5) is 5.69 Å². The first-order chi connectivity index (χ1) is 11.4. The maximum absolute atomic E-state index is 12.6. The van der Waals surface area contributed by atoms with E-state index < -0.39 is 10.0 Å². The Morgan fingerprint density at radius 3 is 2.83 bits per heavy atom. The van der Waals surface area contributed by atoms with Crippen LogP contribution in [0, 0.1) is 6.92 Å². The molecule has 2 heterocycles. The van der Waals surface area contributed by atoms with E-state index in [1.54, 1.807) is 36.9 Å². The molecule has 2 aromatic rings. The van der Waals surface area contributed by atoms with Crippen LogP contribution < -0.4 is 9.62 Å². The first-order valence-electron chi connectivity index (χ1n) is 7.88. The van der Waals surface area contributed by atoms with E-state index in [-0.39, 0.29) is 17.3 Å². The van der Waals surface area contributed by atoms with Gasteiger partial charge in [-0.2, -0.15) is 0 Å². The Kier molecular flexibility index (Phi) is 4.47. The van der Waals surface area contributed by atoms with Crippen LogP contribution in [0.25, 0.3) is 0 Å². The van der Waals surface area contributed by atoms with Crippen molar-refractivity contribution in [1.29, 1.82) is 0 Å². The fourth-order valence-corrected chi connectivity index (χ4v) is 4.18. The predicted octanol–water partition coefficient (Wildman–Crippen LogP) is 2.37. The van der Waals surface area contributed by atoms with E-state index >= 15 is 0 Å². The SMILES string of the molecule is CCC(=O)N1CCc2cc(C)c(S(=O)(=O)NCc3ccco3)cc21. The normalized spacial score (nSPS) is 14.0. The van der Waals surface area contributed by atoms with Crippen LogP contribution in [0.5, 0.6) is 0 Å². The summed E-state index contributed by atoms with van der Waals surface area (Å²) in [7, 11) is -3.69. The second-order valence-electron chi connectivity index (χ2n) is 5.80. The standard InChI is InChI=1S/C17H20N2O4S/c1-3-17(20)19-7-6-13-9-12(2)16(10-15(13)19)24(21,22)18-11-14-5-4-8-23-14/h4-5,8-10,18H,3,6-7,11H2,1-2H3. The van der Waals surface area contributed by atoms with Crippen LogP contribution >= 0.6 is 0 Å². The van der Waals surface area contributed by atoms with Gasteiger partial charge < -0.3 is 9.32 Å². The topological polar surface area (TPSA) is 79.6 Å².